The number of benzene rings is 1. The van der Waals surface area contributed by atoms with Crippen LogP contribution >= 0.6 is 15.9 Å². The number of anilines is 1. The molecule has 104 valence electrons. The van der Waals surface area contributed by atoms with Crippen LogP contribution in [0.2, 0.25) is 0 Å². The van der Waals surface area contributed by atoms with Gasteiger partial charge in [-0.3, -0.25) is 14.9 Å². The first-order chi connectivity index (χ1) is 8.73. The van der Waals surface area contributed by atoms with Crippen molar-refractivity contribution in [1.29, 1.82) is 0 Å². The van der Waals surface area contributed by atoms with E-state index >= 15 is 0 Å². The molecule has 0 bridgehead atoms. The summed E-state index contributed by atoms with van der Waals surface area (Å²) >= 11 is 2.94. The van der Waals surface area contributed by atoms with Crippen molar-refractivity contribution in [3.8, 4) is 0 Å². The van der Waals surface area contributed by atoms with Gasteiger partial charge >= 0.3 is 5.97 Å². The van der Waals surface area contributed by atoms with Gasteiger partial charge in [0.2, 0.25) is 0 Å². The fourth-order valence-electron chi connectivity index (χ4n) is 1.59. The van der Waals surface area contributed by atoms with Gasteiger partial charge in [0.25, 0.3) is 5.69 Å². The Kier molecular flexibility index (Phi) is 4.82. The number of halogens is 2. The second kappa shape index (κ2) is 5.96. The maximum atomic E-state index is 13.4. The quantitative estimate of drug-likeness (QED) is 0.661. The van der Waals surface area contributed by atoms with E-state index in [1.165, 1.54) is 11.0 Å². The zero-order chi connectivity index (χ0) is 14.7. The number of carboxylic acid groups (broad SMARTS) is 1. The predicted octanol–water partition coefficient (Wildman–Crippen LogP) is 2.80. The highest BCUT2D eigenvalue weighted by Crippen LogP contribution is 2.34. The topological polar surface area (TPSA) is 83.7 Å². The van der Waals surface area contributed by atoms with Crippen LogP contribution in [0.1, 0.15) is 13.8 Å². The highest BCUT2D eigenvalue weighted by atomic mass is 79.9. The maximum absolute atomic E-state index is 13.4. The average molecular weight is 335 g/mol. The molecule has 0 aromatic heterocycles. The zero-order valence-corrected chi connectivity index (χ0v) is 11.8. The molecule has 0 saturated carbocycles. The van der Waals surface area contributed by atoms with Gasteiger partial charge < -0.3 is 10.0 Å². The maximum Gasteiger partial charge on any atom is 0.323 e. The summed E-state index contributed by atoms with van der Waals surface area (Å²) in [5, 5.41) is 19.8. The summed E-state index contributed by atoms with van der Waals surface area (Å²) in [5.41, 5.74) is -0.397. The van der Waals surface area contributed by atoms with E-state index in [9.17, 15) is 19.3 Å². The monoisotopic (exact) mass is 334 g/mol. The highest BCUT2D eigenvalue weighted by Gasteiger charge is 2.25. The fraction of sp³-hybridized carbons (Fsp3) is 0.364. The van der Waals surface area contributed by atoms with Crippen molar-refractivity contribution in [2.45, 2.75) is 19.9 Å². The molecule has 0 saturated heterocycles. The Labute approximate surface area is 117 Å². The van der Waals surface area contributed by atoms with Crippen LogP contribution in [0.15, 0.2) is 16.6 Å². The molecular weight excluding hydrogens is 323 g/mol. The molecule has 0 amide bonds. The number of nitrogens with zero attached hydrogens (tertiary/aromatic N) is 2. The Hall–Kier alpha value is -1.70. The molecule has 1 aromatic carbocycles. The van der Waals surface area contributed by atoms with E-state index in [-0.39, 0.29) is 16.2 Å². The molecule has 0 atom stereocenters. The number of carbonyl (C=O) groups is 1. The van der Waals surface area contributed by atoms with Gasteiger partial charge in [0, 0.05) is 6.04 Å². The smallest absolute Gasteiger partial charge is 0.323 e. The van der Waals surface area contributed by atoms with Crippen molar-refractivity contribution in [1.82, 2.24) is 0 Å². The number of rotatable bonds is 5. The first kappa shape index (κ1) is 15.4. The van der Waals surface area contributed by atoms with Gasteiger partial charge in [-0.2, -0.15) is 0 Å². The van der Waals surface area contributed by atoms with Crippen LogP contribution in [0.3, 0.4) is 0 Å². The first-order valence-electron chi connectivity index (χ1n) is 5.36. The Morgan fingerprint density at radius 2 is 2.16 bits per heavy atom. The second-order valence-corrected chi connectivity index (χ2v) is 4.98. The molecule has 0 heterocycles. The third kappa shape index (κ3) is 3.63. The van der Waals surface area contributed by atoms with Crippen LogP contribution in [0.4, 0.5) is 15.8 Å². The normalized spacial score (nSPS) is 10.6. The number of carboxylic acids is 1. The SMILES string of the molecule is CC(C)N(CC(=O)O)c1cc(Br)c(F)cc1[N+](=O)[O-]. The molecule has 8 heteroatoms. The van der Waals surface area contributed by atoms with E-state index in [1.807, 2.05) is 0 Å². The molecule has 0 unspecified atom stereocenters. The molecule has 0 aliphatic rings. The minimum Gasteiger partial charge on any atom is -0.480 e. The van der Waals surface area contributed by atoms with E-state index in [4.69, 9.17) is 5.11 Å². The third-order valence-corrected chi connectivity index (χ3v) is 3.06. The number of hydrogen-bond donors (Lipinski definition) is 1. The molecule has 19 heavy (non-hydrogen) atoms. The van der Waals surface area contributed by atoms with Gasteiger partial charge in [0.05, 0.1) is 15.5 Å². The summed E-state index contributed by atoms with van der Waals surface area (Å²) in [6.45, 7) is 2.99. The lowest BCUT2D eigenvalue weighted by Gasteiger charge is -2.26. The number of aliphatic carboxylic acids is 1. The molecule has 0 aliphatic carbocycles. The molecule has 0 aliphatic heterocycles. The van der Waals surface area contributed by atoms with Gasteiger partial charge in [0.1, 0.15) is 18.0 Å². The van der Waals surface area contributed by atoms with Crippen molar-refractivity contribution in [3.05, 3.63) is 32.5 Å². The Balaban J connectivity index is 3.39. The minimum atomic E-state index is -1.12. The summed E-state index contributed by atoms with van der Waals surface area (Å²) in [7, 11) is 0. The van der Waals surface area contributed by atoms with Crippen LogP contribution in [0.25, 0.3) is 0 Å². The van der Waals surface area contributed by atoms with Gasteiger partial charge in [-0.1, -0.05) is 0 Å². The van der Waals surface area contributed by atoms with Gasteiger partial charge in [-0.25, -0.2) is 4.39 Å². The Morgan fingerprint density at radius 3 is 2.58 bits per heavy atom. The number of nitro groups is 1. The summed E-state index contributed by atoms with van der Waals surface area (Å²) in [4.78, 5) is 22.4. The molecule has 0 spiro atoms. The molecule has 0 radical (unpaired) electrons. The molecule has 1 rings (SSSR count). The van der Waals surface area contributed by atoms with Crippen molar-refractivity contribution >= 4 is 33.3 Å². The van der Waals surface area contributed by atoms with Crippen LogP contribution < -0.4 is 4.90 Å². The van der Waals surface area contributed by atoms with E-state index in [0.717, 1.165) is 6.07 Å². The molecule has 1 aromatic rings. The van der Waals surface area contributed by atoms with Crippen LogP contribution in [0.5, 0.6) is 0 Å². The van der Waals surface area contributed by atoms with Gasteiger partial charge in [0.15, 0.2) is 0 Å². The van der Waals surface area contributed by atoms with E-state index in [1.54, 1.807) is 13.8 Å². The molecular formula is C11H12BrFN2O4. The summed E-state index contributed by atoms with van der Waals surface area (Å²) < 4.78 is 13.4. The average Bonchev–Trinajstić information content (AvgIpc) is 2.28. The molecule has 1 N–H and O–H groups in total. The lowest BCUT2D eigenvalue weighted by Crippen LogP contribution is -2.36. The predicted molar refractivity (Wildman–Crippen MR) is 70.9 cm³/mol. The highest BCUT2D eigenvalue weighted by molar-refractivity contribution is 9.10. The van der Waals surface area contributed by atoms with E-state index in [0.29, 0.717) is 0 Å². The zero-order valence-electron chi connectivity index (χ0n) is 10.3. The molecule has 0 fully saturated rings. The second-order valence-electron chi connectivity index (χ2n) is 4.13. The minimum absolute atomic E-state index is 0.0455. The van der Waals surface area contributed by atoms with Crippen LogP contribution in [0, 0.1) is 15.9 Å². The van der Waals surface area contributed by atoms with Crippen molar-refractivity contribution < 1.29 is 19.2 Å². The largest absolute Gasteiger partial charge is 0.480 e. The number of nitro benzene ring substituents is 1. The third-order valence-electron chi connectivity index (χ3n) is 2.45. The van der Waals surface area contributed by atoms with E-state index in [2.05, 4.69) is 15.9 Å². The van der Waals surface area contributed by atoms with Crippen molar-refractivity contribution in [2.75, 3.05) is 11.4 Å². The number of hydrogen-bond acceptors (Lipinski definition) is 4. The van der Waals surface area contributed by atoms with Gasteiger partial charge in [-0.15, -0.1) is 0 Å². The summed E-state index contributed by atoms with van der Waals surface area (Å²) in [5.74, 6) is -1.89. The van der Waals surface area contributed by atoms with Crippen molar-refractivity contribution in [2.24, 2.45) is 0 Å². The van der Waals surface area contributed by atoms with E-state index < -0.39 is 28.9 Å². The van der Waals surface area contributed by atoms with Crippen LogP contribution in [-0.4, -0.2) is 28.6 Å². The van der Waals surface area contributed by atoms with Gasteiger partial charge in [-0.05, 0) is 35.8 Å². The van der Waals surface area contributed by atoms with Crippen molar-refractivity contribution in [3.63, 3.8) is 0 Å². The lowest BCUT2D eigenvalue weighted by molar-refractivity contribution is -0.384. The Morgan fingerprint density at radius 1 is 1.58 bits per heavy atom. The molecule has 6 nitrogen and oxygen atoms in total. The standard InChI is InChI=1S/C11H12BrFN2O4/c1-6(2)14(5-11(16)17)9-3-7(12)8(13)4-10(9)15(18)19/h3-4,6H,5H2,1-2H3,(H,16,17). The Bertz CT molecular complexity index is 522. The lowest BCUT2D eigenvalue weighted by atomic mass is 10.2. The summed E-state index contributed by atoms with van der Waals surface area (Å²) in [6, 6.07) is 1.71. The van der Waals surface area contributed by atoms with Crippen LogP contribution in [-0.2, 0) is 4.79 Å². The summed E-state index contributed by atoms with van der Waals surface area (Å²) in [6.07, 6.45) is 0. The fourth-order valence-corrected chi connectivity index (χ4v) is 1.93. The first-order valence-corrected chi connectivity index (χ1v) is 6.15.